The van der Waals surface area contributed by atoms with E-state index in [9.17, 15) is 4.79 Å². The van der Waals surface area contributed by atoms with Crippen molar-refractivity contribution < 1.29 is 4.79 Å². The lowest BCUT2D eigenvalue weighted by Gasteiger charge is -2.17. The maximum atomic E-state index is 11.7. The molecule has 0 aromatic carbocycles. The Balaban J connectivity index is 2.00. The minimum Gasteiger partial charge on any atom is -0.388 e. The van der Waals surface area contributed by atoms with E-state index in [4.69, 9.17) is 5.73 Å². The average molecular weight is 241 g/mol. The molecule has 0 saturated carbocycles. The first kappa shape index (κ1) is 11.3. The molecule has 1 fully saturated rings. The van der Waals surface area contributed by atoms with Crippen molar-refractivity contribution in [2.75, 3.05) is 32.4 Å². The summed E-state index contributed by atoms with van der Waals surface area (Å²) >= 11 is 1.19. The SMILES string of the molecule is CN1CCCN(Cc2nnsc2N)CC1=O. The van der Waals surface area contributed by atoms with Crippen LogP contribution < -0.4 is 5.73 Å². The highest BCUT2D eigenvalue weighted by atomic mass is 32.1. The van der Waals surface area contributed by atoms with Crippen LogP contribution in [-0.2, 0) is 11.3 Å². The molecular weight excluding hydrogens is 226 g/mol. The summed E-state index contributed by atoms with van der Waals surface area (Å²) in [6.45, 7) is 2.77. The molecule has 2 N–H and O–H groups in total. The van der Waals surface area contributed by atoms with Gasteiger partial charge in [0.1, 0.15) is 10.7 Å². The van der Waals surface area contributed by atoms with Crippen LogP contribution in [-0.4, -0.2) is 52.0 Å². The molecule has 2 heterocycles. The number of carbonyl (C=O) groups is 1. The van der Waals surface area contributed by atoms with Gasteiger partial charge in [0, 0.05) is 38.2 Å². The molecule has 0 aliphatic carbocycles. The fraction of sp³-hybridized carbons (Fsp3) is 0.667. The zero-order valence-corrected chi connectivity index (χ0v) is 10.0. The second-order valence-electron chi connectivity index (χ2n) is 3.96. The molecule has 7 heteroatoms. The number of likely N-dealkylation sites (N-methyl/N-ethyl adjacent to an activating group) is 1. The number of nitrogens with two attached hydrogens (primary N) is 1. The molecule has 16 heavy (non-hydrogen) atoms. The third-order valence-corrected chi connectivity index (χ3v) is 3.31. The Bertz CT molecular complexity index is 380. The third-order valence-electron chi connectivity index (χ3n) is 2.71. The summed E-state index contributed by atoms with van der Waals surface area (Å²) in [7, 11) is 1.84. The molecule has 1 aromatic rings. The monoisotopic (exact) mass is 241 g/mol. The Morgan fingerprint density at radius 2 is 2.31 bits per heavy atom. The van der Waals surface area contributed by atoms with E-state index < -0.39 is 0 Å². The van der Waals surface area contributed by atoms with Crippen LogP contribution in [0.15, 0.2) is 0 Å². The number of carbonyl (C=O) groups excluding carboxylic acids is 1. The summed E-state index contributed by atoms with van der Waals surface area (Å²) < 4.78 is 3.79. The van der Waals surface area contributed by atoms with Crippen LogP contribution in [0.5, 0.6) is 0 Å². The smallest absolute Gasteiger partial charge is 0.236 e. The molecular formula is C9H15N5OS. The van der Waals surface area contributed by atoms with Gasteiger partial charge in [-0.3, -0.25) is 9.69 Å². The maximum Gasteiger partial charge on any atom is 0.236 e. The van der Waals surface area contributed by atoms with Crippen LogP contribution in [0.2, 0.25) is 0 Å². The van der Waals surface area contributed by atoms with Crippen molar-refractivity contribution in [2.45, 2.75) is 13.0 Å². The molecule has 1 aliphatic rings. The van der Waals surface area contributed by atoms with Gasteiger partial charge in [-0.15, -0.1) is 5.10 Å². The van der Waals surface area contributed by atoms with E-state index >= 15 is 0 Å². The average Bonchev–Trinajstić information content (AvgIpc) is 2.56. The largest absolute Gasteiger partial charge is 0.388 e. The van der Waals surface area contributed by atoms with E-state index in [1.54, 1.807) is 4.90 Å². The van der Waals surface area contributed by atoms with Crippen LogP contribution in [0, 0.1) is 0 Å². The van der Waals surface area contributed by atoms with Gasteiger partial charge >= 0.3 is 0 Å². The highest BCUT2D eigenvalue weighted by Crippen LogP contribution is 2.15. The Kier molecular flexibility index (Phi) is 3.35. The zero-order valence-electron chi connectivity index (χ0n) is 9.22. The van der Waals surface area contributed by atoms with Gasteiger partial charge in [-0.25, -0.2) is 0 Å². The van der Waals surface area contributed by atoms with Crippen LogP contribution in [0.25, 0.3) is 0 Å². The van der Waals surface area contributed by atoms with Crippen LogP contribution in [0.4, 0.5) is 5.00 Å². The van der Waals surface area contributed by atoms with Gasteiger partial charge in [-0.1, -0.05) is 4.49 Å². The molecule has 0 radical (unpaired) electrons. The van der Waals surface area contributed by atoms with E-state index in [-0.39, 0.29) is 5.91 Å². The van der Waals surface area contributed by atoms with Gasteiger partial charge in [0.05, 0.1) is 6.54 Å². The molecule has 2 rings (SSSR count). The lowest BCUT2D eigenvalue weighted by molar-refractivity contribution is -0.130. The lowest BCUT2D eigenvalue weighted by Crippen LogP contribution is -2.34. The van der Waals surface area contributed by atoms with Crippen LogP contribution in [0.3, 0.4) is 0 Å². The fourth-order valence-corrected chi connectivity index (χ4v) is 2.16. The number of hydrogen-bond donors (Lipinski definition) is 1. The summed E-state index contributed by atoms with van der Waals surface area (Å²) in [5.41, 5.74) is 6.51. The molecule has 6 nitrogen and oxygen atoms in total. The summed E-state index contributed by atoms with van der Waals surface area (Å²) in [4.78, 5) is 15.5. The van der Waals surface area contributed by atoms with Gasteiger partial charge in [0.2, 0.25) is 5.91 Å². The van der Waals surface area contributed by atoms with Crippen molar-refractivity contribution in [1.29, 1.82) is 0 Å². The highest BCUT2D eigenvalue weighted by Gasteiger charge is 2.20. The number of amides is 1. The van der Waals surface area contributed by atoms with E-state index in [1.165, 1.54) is 11.5 Å². The summed E-state index contributed by atoms with van der Waals surface area (Å²) in [6, 6.07) is 0. The third kappa shape index (κ3) is 2.48. The van der Waals surface area contributed by atoms with E-state index in [0.29, 0.717) is 18.1 Å². The quantitative estimate of drug-likeness (QED) is 0.775. The van der Waals surface area contributed by atoms with Crippen molar-refractivity contribution in [2.24, 2.45) is 0 Å². The number of rotatable bonds is 2. The van der Waals surface area contributed by atoms with Crippen LogP contribution >= 0.6 is 11.5 Å². The zero-order chi connectivity index (χ0) is 11.5. The van der Waals surface area contributed by atoms with E-state index in [0.717, 1.165) is 25.2 Å². The number of aromatic nitrogens is 2. The summed E-state index contributed by atoms with van der Waals surface area (Å²) in [6.07, 6.45) is 0.986. The van der Waals surface area contributed by atoms with Crippen molar-refractivity contribution in [3.05, 3.63) is 5.69 Å². The minimum atomic E-state index is 0.152. The molecule has 1 amide bonds. The van der Waals surface area contributed by atoms with Gasteiger partial charge in [0.15, 0.2) is 0 Å². The topological polar surface area (TPSA) is 75.3 Å². The normalized spacial score (nSPS) is 18.8. The molecule has 0 unspecified atom stereocenters. The van der Waals surface area contributed by atoms with E-state index in [1.807, 2.05) is 7.05 Å². The summed E-state index contributed by atoms with van der Waals surface area (Å²) in [5.74, 6) is 0.152. The fourth-order valence-electron chi connectivity index (χ4n) is 1.72. The number of nitrogens with zero attached hydrogens (tertiary/aromatic N) is 4. The molecule has 0 spiro atoms. The highest BCUT2D eigenvalue weighted by molar-refractivity contribution is 7.09. The second-order valence-corrected chi connectivity index (χ2v) is 4.75. The predicted octanol–water partition coefficient (Wildman–Crippen LogP) is -0.216. The van der Waals surface area contributed by atoms with Gasteiger partial charge < -0.3 is 10.6 Å². The van der Waals surface area contributed by atoms with Crippen LogP contribution in [0.1, 0.15) is 12.1 Å². The standard InChI is InChI=1S/C9H15N5OS/c1-13-3-2-4-14(6-8(13)15)5-7-9(10)16-12-11-7/h2-6,10H2,1H3. The van der Waals surface area contributed by atoms with Crippen molar-refractivity contribution in [3.8, 4) is 0 Å². The minimum absolute atomic E-state index is 0.152. The molecule has 1 aliphatic heterocycles. The van der Waals surface area contributed by atoms with Crippen molar-refractivity contribution in [3.63, 3.8) is 0 Å². The molecule has 0 bridgehead atoms. The Morgan fingerprint density at radius 3 is 3.00 bits per heavy atom. The molecule has 0 atom stereocenters. The first-order valence-electron chi connectivity index (χ1n) is 5.20. The first-order valence-corrected chi connectivity index (χ1v) is 5.97. The van der Waals surface area contributed by atoms with Crippen molar-refractivity contribution in [1.82, 2.24) is 19.4 Å². The van der Waals surface area contributed by atoms with Crippen molar-refractivity contribution >= 4 is 22.4 Å². The first-order chi connectivity index (χ1) is 7.66. The van der Waals surface area contributed by atoms with Gasteiger partial charge in [-0.2, -0.15) is 0 Å². The predicted molar refractivity (Wildman–Crippen MR) is 61.9 cm³/mol. The molecule has 1 saturated heterocycles. The number of nitrogen functional groups attached to an aromatic ring is 1. The van der Waals surface area contributed by atoms with Gasteiger partial charge in [0.25, 0.3) is 0 Å². The Labute approximate surface area is 98.2 Å². The lowest BCUT2D eigenvalue weighted by atomic mass is 10.3. The maximum absolute atomic E-state index is 11.7. The second kappa shape index (κ2) is 4.75. The number of hydrogen-bond acceptors (Lipinski definition) is 6. The Hall–Kier alpha value is -1.21. The molecule has 1 aromatic heterocycles. The summed E-state index contributed by atoms with van der Waals surface area (Å²) in [5, 5.41) is 4.61. The molecule has 88 valence electrons. The van der Waals surface area contributed by atoms with E-state index in [2.05, 4.69) is 14.5 Å². The Morgan fingerprint density at radius 1 is 1.50 bits per heavy atom. The van der Waals surface area contributed by atoms with Gasteiger partial charge in [-0.05, 0) is 6.42 Å². The number of anilines is 1.